The molecular weight excluding hydrogens is 408 g/mol. The number of aryl methyl sites for hydroxylation is 4. The van der Waals surface area contributed by atoms with Crippen molar-refractivity contribution in [2.45, 2.75) is 33.7 Å². The van der Waals surface area contributed by atoms with Gasteiger partial charge in [-0.1, -0.05) is 29.0 Å². The van der Waals surface area contributed by atoms with E-state index in [9.17, 15) is 4.79 Å². The number of amides is 1. The minimum Gasteiger partial charge on any atom is -0.466 e. The Kier molecular flexibility index (Phi) is 5.43. The molecule has 0 aliphatic carbocycles. The fourth-order valence-corrected chi connectivity index (χ4v) is 4.65. The van der Waals surface area contributed by atoms with Crippen LogP contribution < -0.4 is 4.90 Å². The van der Waals surface area contributed by atoms with Gasteiger partial charge in [0.05, 0.1) is 27.1 Å². The van der Waals surface area contributed by atoms with Crippen molar-refractivity contribution in [2.75, 3.05) is 11.4 Å². The summed E-state index contributed by atoms with van der Waals surface area (Å²) in [5.41, 5.74) is 2.44. The molecule has 0 aliphatic heterocycles. The Morgan fingerprint density at radius 3 is 2.79 bits per heavy atom. The van der Waals surface area contributed by atoms with E-state index >= 15 is 0 Å². The third-order valence-electron chi connectivity index (χ3n) is 4.79. The minimum atomic E-state index is -0.113. The summed E-state index contributed by atoms with van der Waals surface area (Å²) in [6.07, 6.45) is 6.20. The maximum atomic E-state index is 13.4. The van der Waals surface area contributed by atoms with Gasteiger partial charge in [-0.05, 0) is 44.9 Å². The molecule has 3 aromatic heterocycles. The van der Waals surface area contributed by atoms with Crippen LogP contribution in [0.3, 0.4) is 0 Å². The van der Waals surface area contributed by atoms with Gasteiger partial charge in [0.2, 0.25) is 0 Å². The Morgan fingerprint density at radius 1 is 1.31 bits per heavy atom. The van der Waals surface area contributed by atoms with Crippen LogP contribution in [-0.2, 0) is 6.54 Å². The van der Waals surface area contributed by atoms with E-state index in [0.717, 1.165) is 28.7 Å². The number of carbonyl (C=O) groups excluding carboxylic acids is 1. The molecule has 4 aromatic rings. The summed E-state index contributed by atoms with van der Waals surface area (Å²) >= 11 is 7.83. The van der Waals surface area contributed by atoms with Crippen molar-refractivity contribution < 1.29 is 9.21 Å². The predicted molar refractivity (Wildman–Crippen MR) is 116 cm³/mol. The van der Waals surface area contributed by atoms with E-state index in [2.05, 4.69) is 4.98 Å². The van der Waals surface area contributed by atoms with Gasteiger partial charge in [-0.3, -0.25) is 9.69 Å². The quantitative estimate of drug-likeness (QED) is 0.412. The molecule has 0 unspecified atom stereocenters. The third kappa shape index (κ3) is 3.93. The predicted octanol–water partition coefficient (Wildman–Crippen LogP) is 5.40. The number of furan rings is 1. The summed E-state index contributed by atoms with van der Waals surface area (Å²) in [4.78, 5) is 24.0. The highest BCUT2D eigenvalue weighted by molar-refractivity contribution is 7.23. The number of hydrogen-bond acceptors (Lipinski definition) is 5. The van der Waals surface area contributed by atoms with E-state index in [1.54, 1.807) is 23.5 Å². The summed E-state index contributed by atoms with van der Waals surface area (Å²) in [5.74, 6) is 1.22. The van der Waals surface area contributed by atoms with E-state index in [1.807, 2.05) is 43.7 Å². The summed E-state index contributed by atoms with van der Waals surface area (Å²) in [7, 11) is 0. The first-order chi connectivity index (χ1) is 13.9. The molecule has 0 radical (unpaired) electrons. The fourth-order valence-electron chi connectivity index (χ4n) is 3.31. The zero-order valence-corrected chi connectivity index (χ0v) is 18.0. The molecule has 0 saturated heterocycles. The minimum absolute atomic E-state index is 0.113. The highest BCUT2D eigenvalue weighted by Crippen LogP contribution is 2.36. The van der Waals surface area contributed by atoms with E-state index in [1.165, 1.54) is 11.3 Å². The number of anilines is 1. The number of nitrogens with zero attached hydrogens (tertiary/aromatic N) is 4. The number of rotatable bonds is 6. The van der Waals surface area contributed by atoms with E-state index in [0.29, 0.717) is 33.8 Å². The van der Waals surface area contributed by atoms with Gasteiger partial charge in [0.25, 0.3) is 5.91 Å². The Bertz CT molecular complexity index is 1120. The second kappa shape index (κ2) is 8.00. The molecule has 1 amide bonds. The molecule has 6 nitrogen and oxygen atoms in total. The maximum absolute atomic E-state index is 13.4. The monoisotopic (exact) mass is 428 g/mol. The normalized spacial score (nSPS) is 11.3. The lowest BCUT2D eigenvalue weighted by Crippen LogP contribution is -2.32. The van der Waals surface area contributed by atoms with E-state index in [4.69, 9.17) is 21.0 Å². The molecule has 0 spiro atoms. The van der Waals surface area contributed by atoms with Crippen molar-refractivity contribution in [3.8, 4) is 0 Å². The number of imidazole rings is 1. The summed E-state index contributed by atoms with van der Waals surface area (Å²) in [6, 6.07) is 5.60. The average Bonchev–Trinajstić information content (AvgIpc) is 3.42. The van der Waals surface area contributed by atoms with Crippen LogP contribution >= 0.6 is 22.9 Å². The van der Waals surface area contributed by atoms with Gasteiger partial charge in [-0.2, -0.15) is 0 Å². The van der Waals surface area contributed by atoms with Crippen molar-refractivity contribution in [2.24, 2.45) is 0 Å². The van der Waals surface area contributed by atoms with Crippen LogP contribution in [0.2, 0.25) is 5.02 Å². The van der Waals surface area contributed by atoms with Gasteiger partial charge in [-0.25, -0.2) is 9.97 Å². The zero-order valence-electron chi connectivity index (χ0n) is 16.5. The standard InChI is InChI=1S/C21H21ClN4O2S/c1-13-5-6-17(22)19-18(13)24-21(29-19)26(9-4-8-25-10-7-23-12-25)20(27)16-11-14(2)28-15(16)3/h5-7,10-12H,4,8-9H2,1-3H3. The first kappa shape index (κ1) is 19.7. The second-order valence-electron chi connectivity index (χ2n) is 6.98. The Labute approximate surface area is 177 Å². The smallest absolute Gasteiger partial charge is 0.263 e. The fraction of sp³-hybridized carbons (Fsp3) is 0.286. The van der Waals surface area contributed by atoms with Gasteiger partial charge in [0.15, 0.2) is 5.13 Å². The second-order valence-corrected chi connectivity index (χ2v) is 8.36. The summed E-state index contributed by atoms with van der Waals surface area (Å²) in [5, 5.41) is 1.29. The molecule has 150 valence electrons. The SMILES string of the molecule is Cc1cc(C(=O)N(CCCn2ccnc2)c2nc3c(C)ccc(Cl)c3s2)c(C)o1. The zero-order chi connectivity index (χ0) is 20.5. The van der Waals surface area contributed by atoms with Crippen LogP contribution in [0.15, 0.2) is 41.3 Å². The number of benzene rings is 1. The molecule has 0 atom stereocenters. The first-order valence-electron chi connectivity index (χ1n) is 9.34. The van der Waals surface area contributed by atoms with Gasteiger partial charge >= 0.3 is 0 Å². The molecule has 0 fully saturated rings. The number of carbonyl (C=O) groups is 1. The van der Waals surface area contributed by atoms with Crippen molar-refractivity contribution in [3.05, 3.63) is 64.6 Å². The molecular formula is C21H21ClN4O2S. The Morgan fingerprint density at radius 2 is 2.14 bits per heavy atom. The molecule has 1 aromatic carbocycles. The van der Waals surface area contributed by atoms with Gasteiger partial charge in [-0.15, -0.1) is 0 Å². The number of hydrogen-bond donors (Lipinski definition) is 0. The lowest BCUT2D eigenvalue weighted by atomic mass is 10.2. The van der Waals surface area contributed by atoms with Crippen LogP contribution in [0, 0.1) is 20.8 Å². The molecule has 0 N–H and O–H groups in total. The number of thiazole rings is 1. The molecule has 4 rings (SSSR count). The maximum Gasteiger partial charge on any atom is 0.263 e. The lowest BCUT2D eigenvalue weighted by molar-refractivity contribution is 0.0985. The van der Waals surface area contributed by atoms with Crippen LogP contribution in [0.5, 0.6) is 0 Å². The van der Waals surface area contributed by atoms with Gasteiger partial charge in [0.1, 0.15) is 11.5 Å². The lowest BCUT2D eigenvalue weighted by Gasteiger charge is -2.19. The van der Waals surface area contributed by atoms with Crippen LogP contribution in [-0.4, -0.2) is 27.0 Å². The van der Waals surface area contributed by atoms with Crippen molar-refractivity contribution in [1.29, 1.82) is 0 Å². The first-order valence-corrected chi connectivity index (χ1v) is 10.5. The van der Waals surface area contributed by atoms with Crippen LogP contribution in [0.25, 0.3) is 10.2 Å². The molecule has 0 saturated carbocycles. The van der Waals surface area contributed by atoms with Gasteiger partial charge in [0, 0.05) is 25.5 Å². The van der Waals surface area contributed by atoms with Crippen LogP contribution in [0.1, 0.15) is 33.9 Å². The average molecular weight is 429 g/mol. The Hall–Kier alpha value is -2.64. The third-order valence-corrected chi connectivity index (χ3v) is 6.33. The topological polar surface area (TPSA) is 64.2 Å². The highest BCUT2D eigenvalue weighted by atomic mass is 35.5. The van der Waals surface area contributed by atoms with Crippen LogP contribution in [0.4, 0.5) is 5.13 Å². The van der Waals surface area contributed by atoms with Crippen molar-refractivity contribution >= 4 is 44.2 Å². The number of halogens is 1. The number of aromatic nitrogens is 3. The summed E-state index contributed by atoms with van der Waals surface area (Å²) < 4.78 is 8.48. The molecule has 29 heavy (non-hydrogen) atoms. The van der Waals surface area contributed by atoms with Crippen molar-refractivity contribution in [1.82, 2.24) is 14.5 Å². The largest absolute Gasteiger partial charge is 0.466 e. The Balaban J connectivity index is 1.69. The molecule has 3 heterocycles. The molecule has 0 bridgehead atoms. The molecule has 0 aliphatic rings. The number of fused-ring (bicyclic) bond motifs is 1. The van der Waals surface area contributed by atoms with E-state index < -0.39 is 0 Å². The highest BCUT2D eigenvalue weighted by Gasteiger charge is 2.25. The van der Waals surface area contributed by atoms with Crippen molar-refractivity contribution in [3.63, 3.8) is 0 Å². The van der Waals surface area contributed by atoms with Gasteiger partial charge < -0.3 is 8.98 Å². The molecule has 8 heteroatoms. The van der Waals surface area contributed by atoms with E-state index in [-0.39, 0.29) is 5.91 Å². The summed E-state index contributed by atoms with van der Waals surface area (Å²) in [6.45, 7) is 6.93.